The van der Waals surface area contributed by atoms with Gasteiger partial charge in [0.15, 0.2) is 6.61 Å². The van der Waals surface area contributed by atoms with Crippen LogP contribution in [0.15, 0.2) is 36.5 Å². The van der Waals surface area contributed by atoms with Crippen molar-refractivity contribution in [1.82, 2.24) is 9.78 Å². The second kappa shape index (κ2) is 8.46. The van der Waals surface area contributed by atoms with E-state index in [1.165, 1.54) is 0 Å². The Morgan fingerprint density at radius 1 is 1.14 bits per heavy atom. The topological polar surface area (TPSA) is 93.5 Å². The number of benzene rings is 1. The Labute approximate surface area is 168 Å². The van der Waals surface area contributed by atoms with Crippen molar-refractivity contribution in [3.8, 4) is 0 Å². The SMILES string of the molecule is O=C(COC(=O)c1ccccc1N1CCCC1=O)Nc1ccnn1C1CCCC1. The zero-order valence-electron chi connectivity index (χ0n) is 16.2. The van der Waals surface area contributed by atoms with E-state index >= 15 is 0 Å². The van der Waals surface area contributed by atoms with Gasteiger partial charge in [-0.05, 0) is 31.4 Å². The summed E-state index contributed by atoms with van der Waals surface area (Å²) >= 11 is 0. The monoisotopic (exact) mass is 396 g/mol. The van der Waals surface area contributed by atoms with E-state index in [1.54, 1.807) is 41.4 Å². The number of amides is 2. The molecule has 0 atom stereocenters. The quantitative estimate of drug-likeness (QED) is 0.758. The zero-order valence-corrected chi connectivity index (χ0v) is 16.2. The number of para-hydroxylation sites is 1. The predicted octanol–water partition coefficient (Wildman–Crippen LogP) is 2.92. The van der Waals surface area contributed by atoms with Gasteiger partial charge in [0.2, 0.25) is 5.91 Å². The second-order valence-electron chi connectivity index (χ2n) is 7.39. The van der Waals surface area contributed by atoms with E-state index in [0.29, 0.717) is 30.5 Å². The number of esters is 1. The first-order valence-corrected chi connectivity index (χ1v) is 10.0. The van der Waals surface area contributed by atoms with Crippen molar-refractivity contribution in [2.24, 2.45) is 0 Å². The van der Waals surface area contributed by atoms with E-state index < -0.39 is 18.5 Å². The average Bonchev–Trinajstić information content (AvgIpc) is 3.48. The summed E-state index contributed by atoms with van der Waals surface area (Å²) in [7, 11) is 0. The standard InChI is InChI=1S/C21H24N4O4/c26-19(23-18-11-12-22-25(18)15-6-1-2-7-15)14-29-21(28)16-8-3-4-9-17(16)24-13-5-10-20(24)27/h3-4,8-9,11-12,15H,1-2,5-7,10,13-14H2,(H,23,26). The third-order valence-electron chi connectivity index (χ3n) is 5.43. The van der Waals surface area contributed by atoms with Crippen molar-refractivity contribution in [2.45, 2.75) is 44.6 Å². The van der Waals surface area contributed by atoms with E-state index in [9.17, 15) is 14.4 Å². The van der Waals surface area contributed by atoms with Gasteiger partial charge < -0.3 is 15.0 Å². The number of aromatic nitrogens is 2. The molecule has 8 nitrogen and oxygen atoms in total. The highest BCUT2D eigenvalue weighted by Crippen LogP contribution is 2.31. The Hall–Kier alpha value is -3.16. The van der Waals surface area contributed by atoms with E-state index in [-0.39, 0.29) is 11.5 Å². The number of rotatable bonds is 6. The maximum atomic E-state index is 12.6. The van der Waals surface area contributed by atoms with Gasteiger partial charge in [-0.1, -0.05) is 25.0 Å². The molecule has 2 heterocycles. The van der Waals surface area contributed by atoms with E-state index in [2.05, 4.69) is 10.4 Å². The smallest absolute Gasteiger partial charge is 0.340 e. The lowest BCUT2D eigenvalue weighted by atomic mass is 10.1. The fourth-order valence-corrected chi connectivity index (χ4v) is 4.03. The molecule has 1 aliphatic carbocycles. The Kier molecular flexibility index (Phi) is 5.59. The minimum atomic E-state index is -0.625. The number of carbonyl (C=O) groups excluding carboxylic acids is 3. The molecule has 152 valence electrons. The highest BCUT2D eigenvalue weighted by atomic mass is 16.5. The van der Waals surface area contributed by atoms with E-state index in [1.807, 2.05) is 4.68 Å². The molecule has 2 fully saturated rings. The molecule has 0 radical (unpaired) electrons. The van der Waals surface area contributed by atoms with Gasteiger partial charge in [-0.3, -0.25) is 9.59 Å². The number of hydrogen-bond donors (Lipinski definition) is 1. The number of hydrogen-bond acceptors (Lipinski definition) is 5. The molecule has 1 aliphatic heterocycles. The molecule has 2 aromatic rings. The van der Waals surface area contributed by atoms with Crippen LogP contribution in [0.1, 0.15) is 54.9 Å². The number of ether oxygens (including phenoxy) is 1. The molecule has 2 amide bonds. The van der Waals surface area contributed by atoms with Crippen LogP contribution in [0.3, 0.4) is 0 Å². The summed E-state index contributed by atoms with van der Waals surface area (Å²) in [5.41, 5.74) is 0.811. The number of carbonyl (C=O) groups is 3. The fourth-order valence-electron chi connectivity index (χ4n) is 4.03. The average molecular weight is 396 g/mol. The van der Waals surface area contributed by atoms with Crippen molar-refractivity contribution in [3.05, 3.63) is 42.1 Å². The van der Waals surface area contributed by atoms with Crippen LogP contribution in [0, 0.1) is 0 Å². The molecule has 0 unspecified atom stereocenters. The molecule has 1 aromatic heterocycles. The lowest BCUT2D eigenvalue weighted by molar-refractivity contribution is -0.119. The van der Waals surface area contributed by atoms with Gasteiger partial charge in [-0.15, -0.1) is 0 Å². The summed E-state index contributed by atoms with van der Waals surface area (Å²) < 4.78 is 7.06. The van der Waals surface area contributed by atoms with Crippen molar-refractivity contribution >= 4 is 29.3 Å². The van der Waals surface area contributed by atoms with Crippen LogP contribution in [0.25, 0.3) is 0 Å². The van der Waals surface area contributed by atoms with Crippen LogP contribution in [0.2, 0.25) is 0 Å². The van der Waals surface area contributed by atoms with Gasteiger partial charge in [0.25, 0.3) is 5.91 Å². The van der Waals surface area contributed by atoms with Crippen LogP contribution in [-0.4, -0.2) is 40.7 Å². The predicted molar refractivity (Wildman–Crippen MR) is 107 cm³/mol. The maximum Gasteiger partial charge on any atom is 0.340 e. The van der Waals surface area contributed by atoms with Crippen molar-refractivity contribution in [3.63, 3.8) is 0 Å². The van der Waals surface area contributed by atoms with Crippen molar-refractivity contribution in [1.29, 1.82) is 0 Å². The number of nitrogens with one attached hydrogen (secondary N) is 1. The third kappa shape index (κ3) is 4.16. The van der Waals surface area contributed by atoms with E-state index in [4.69, 9.17) is 4.74 Å². The van der Waals surface area contributed by atoms with Crippen LogP contribution < -0.4 is 10.2 Å². The first-order valence-electron chi connectivity index (χ1n) is 10.0. The largest absolute Gasteiger partial charge is 0.452 e. The minimum Gasteiger partial charge on any atom is -0.452 e. The zero-order chi connectivity index (χ0) is 20.2. The van der Waals surface area contributed by atoms with E-state index in [0.717, 1.165) is 32.1 Å². The lowest BCUT2D eigenvalue weighted by Crippen LogP contribution is -2.27. The molecule has 2 aliphatic rings. The van der Waals surface area contributed by atoms with Gasteiger partial charge in [0, 0.05) is 19.0 Å². The Morgan fingerprint density at radius 2 is 1.93 bits per heavy atom. The molecular weight excluding hydrogens is 372 g/mol. The molecule has 0 spiro atoms. The summed E-state index contributed by atoms with van der Waals surface area (Å²) in [5.74, 6) is -0.447. The summed E-state index contributed by atoms with van der Waals surface area (Å²) in [6.07, 6.45) is 7.31. The first-order chi connectivity index (χ1) is 14.1. The van der Waals surface area contributed by atoms with Gasteiger partial charge in [-0.25, -0.2) is 9.48 Å². The molecule has 29 heavy (non-hydrogen) atoms. The second-order valence-corrected chi connectivity index (χ2v) is 7.39. The summed E-state index contributed by atoms with van der Waals surface area (Å²) in [6.45, 7) is 0.172. The molecule has 8 heteroatoms. The Balaban J connectivity index is 1.38. The normalized spacial score (nSPS) is 17.0. The molecular formula is C21H24N4O4. The van der Waals surface area contributed by atoms with Gasteiger partial charge in [-0.2, -0.15) is 5.10 Å². The maximum absolute atomic E-state index is 12.6. The molecule has 1 saturated carbocycles. The summed E-state index contributed by atoms with van der Waals surface area (Å²) in [4.78, 5) is 38.5. The Bertz CT molecular complexity index is 917. The molecule has 1 saturated heterocycles. The number of nitrogens with zero attached hydrogens (tertiary/aromatic N) is 3. The fraction of sp³-hybridized carbons (Fsp3) is 0.429. The van der Waals surface area contributed by atoms with Gasteiger partial charge in [0.1, 0.15) is 5.82 Å². The molecule has 1 aromatic carbocycles. The molecule has 0 bridgehead atoms. The molecule has 4 rings (SSSR count). The summed E-state index contributed by atoms with van der Waals surface area (Å²) in [5, 5.41) is 7.08. The first kappa shape index (κ1) is 19.2. The van der Waals surface area contributed by atoms with Crippen LogP contribution in [0.4, 0.5) is 11.5 Å². The van der Waals surface area contributed by atoms with Crippen molar-refractivity contribution < 1.29 is 19.1 Å². The highest BCUT2D eigenvalue weighted by Gasteiger charge is 2.26. The third-order valence-corrected chi connectivity index (χ3v) is 5.43. The highest BCUT2D eigenvalue weighted by molar-refractivity contribution is 6.04. The van der Waals surface area contributed by atoms with Gasteiger partial charge in [0.05, 0.1) is 23.5 Å². The molecule has 1 N–H and O–H groups in total. The number of anilines is 2. The summed E-state index contributed by atoms with van der Waals surface area (Å²) in [6, 6.07) is 8.85. The van der Waals surface area contributed by atoms with Crippen molar-refractivity contribution in [2.75, 3.05) is 23.4 Å². The van der Waals surface area contributed by atoms with Crippen LogP contribution in [-0.2, 0) is 14.3 Å². The van der Waals surface area contributed by atoms with Crippen LogP contribution in [0.5, 0.6) is 0 Å². The minimum absolute atomic E-state index is 0.0110. The lowest BCUT2D eigenvalue weighted by Gasteiger charge is -2.19. The Morgan fingerprint density at radius 3 is 2.69 bits per heavy atom. The van der Waals surface area contributed by atoms with Crippen LogP contribution >= 0.6 is 0 Å². The van der Waals surface area contributed by atoms with Gasteiger partial charge >= 0.3 is 5.97 Å².